The van der Waals surface area contributed by atoms with Gasteiger partial charge >= 0.3 is 10.2 Å². The lowest BCUT2D eigenvalue weighted by atomic mass is 9.95. The van der Waals surface area contributed by atoms with Gasteiger partial charge in [-0.05, 0) is 85.3 Å². The third kappa shape index (κ3) is 6.29. The number of hydrogen-bond donors (Lipinski definition) is 3. The van der Waals surface area contributed by atoms with Crippen molar-refractivity contribution in [3.05, 3.63) is 78.4 Å². The van der Waals surface area contributed by atoms with Gasteiger partial charge in [-0.15, -0.1) is 0 Å². The fraction of sp³-hybridized carbons (Fsp3) is 0.269. The van der Waals surface area contributed by atoms with Gasteiger partial charge in [-0.1, -0.05) is 43.7 Å². The van der Waals surface area contributed by atoms with E-state index >= 15 is 0 Å². The maximum Gasteiger partial charge on any atom is 0.310 e. The molecule has 5 nitrogen and oxygen atoms in total. The second kappa shape index (κ2) is 9.26. The number of anilines is 1. The standard InChI is InChI=1S/C26H28F5N3O2S2/c1-33-26(35)20-4-2-18(3-5-20)19-6-12-23(13-7-19)37(32,36)24-14-8-21(9-15-24)34-22-10-16-25(17-11-22)38(27,28,29,30)31/h2-7,10-13,16-17,21,24,32,34H,8-9,14-15H2,1H3,(H,33,35). The molecule has 12 heteroatoms. The Morgan fingerprint density at radius 3 is 1.79 bits per heavy atom. The van der Waals surface area contributed by atoms with Crippen LogP contribution in [0.25, 0.3) is 11.1 Å². The molecule has 0 aromatic heterocycles. The van der Waals surface area contributed by atoms with Gasteiger partial charge in [-0.25, -0.2) is 8.99 Å². The molecule has 3 N–H and O–H groups in total. The van der Waals surface area contributed by atoms with Gasteiger partial charge < -0.3 is 10.6 Å². The van der Waals surface area contributed by atoms with Crippen molar-refractivity contribution in [3.8, 4) is 11.1 Å². The fourth-order valence-corrected chi connectivity index (χ4v) is 7.10. The van der Waals surface area contributed by atoms with E-state index in [2.05, 4.69) is 10.6 Å². The molecule has 1 unspecified atom stereocenters. The quantitative estimate of drug-likeness (QED) is 0.249. The molecule has 1 aliphatic carbocycles. The minimum absolute atomic E-state index is 0.132. The highest BCUT2D eigenvalue weighted by atomic mass is 32.5. The van der Waals surface area contributed by atoms with Crippen LogP contribution in [-0.2, 0) is 9.73 Å². The molecule has 0 saturated heterocycles. The van der Waals surface area contributed by atoms with Crippen molar-refractivity contribution >= 4 is 31.5 Å². The first-order valence-electron chi connectivity index (χ1n) is 11.9. The lowest BCUT2D eigenvalue weighted by molar-refractivity contribution is 0.0963. The largest absolute Gasteiger partial charge is 0.382 e. The Balaban J connectivity index is 1.37. The number of carbonyl (C=O) groups excluding carboxylic acids is 1. The molecule has 1 amide bonds. The number of halogens is 5. The molecular weight excluding hydrogens is 545 g/mol. The number of benzene rings is 3. The van der Waals surface area contributed by atoms with Gasteiger partial charge in [0.25, 0.3) is 5.91 Å². The van der Waals surface area contributed by atoms with Crippen LogP contribution in [0.5, 0.6) is 0 Å². The van der Waals surface area contributed by atoms with Crippen LogP contribution >= 0.6 is 10.2 Å². The minimum atomic E-state index is -9.71. The molecule has 206 valence electrons. The SMILES string of the molecule is CNC(=O)c1ccc(-c2ccc(S(=N)(=O)C3CCC(Nc4ccc(S(F)(F)(F)(F)F)cc4)CC3)cc2)cc1. The summed E-state index contributed by atoms with van der Waals surface area (Å²) in [4.78, 5) is 10.2. The average molecular weight is 574 g/mol. The zero-order chi connectivity index (χ0) is 27.8. The van der Waals surface area contributed by atoms with E-state index in [1.54, 1.807) is 43.4 Å². The molecule has 38 heavy (non-hydrogen) atoms. The van der Waals surface area contributed by atoms with Gasteiger partial charge in [-0.2, -0.15) is 0 Å². The smallest absolute Gasteiger partial charge is 0.310 e. The van der Waals surface area contributed by atoms with Crippen LogP contribution < -0.4 is 10.6 Å². The number of nitrogens with one attached hydrogen (secondary N) is 3. The van der Waals surface area contributed by atoms with Gasteiger partial charge in [-0.3, -0.25) is 4.79 Å². The molecule has 1 atom stereocenters. The Labute approximate surface area is 218 Å². The van der Waals surface area contributed by atoms with E-state index in [0.717, 1.165) is 23.3 Å². The third-order valence-electron chi connectivity index (χ3n) is 6.73. The summed E-state index contributed by atoms with van der Waals surface area (Å²) in [6.45, 7) is 0. The first-order chi connectivity index (χ1) is 17.6. The molecule has 1 aliphatic rings. The summed E-state index contributed by atoms with van der Waals surface area (Å²) in [5.74, 6) is -0.184. The molecule has 4 rings (SSSR count). The van der Waals surface area contributed by atoms with Crippen LogP contribution in [0.3, 0.4) is 0 Å². The number of hydrogen-bond acceptors (Lipinski definition) is 4. The molecule has 3 aromatic rings. The van der Waals surface area contributed by atoms with Gasteiger partial charge in [0.05, 0.1) is 9.73 Å². The third-order valence-corrected chi connectivity index (χ3v) is 10.3. The number of rotatable bonds is 7. The van der Waals surface area contributed by atoms with Crippen LogP contribution in [0, 0.1) is 4.78 Å². The monoisotopic (exact) mass is 573 g/mol. The summed E-state index contributed by atoms with van der Waals surface area (Å²) in [5, 5.41) is 5.24. The predicted octanol–water partition coefficient (Wildman–Crippen LogP) is 8.20. The van der Waals surface area contributed by atoms with Crippen molar-refractivity contribution in [2.45, 2.75) is 46.8 Å². The van der Waals surface area contributed by atoms with E-state index in [9.17, 15) is 28.4 Å². The van der Waals surface area contributed by atoms with Gasteiger partial charge in [0.1, 0.15) is 4.90 Å². The molecular formula is C26H28F5N3O2S2. The van der Waals surface area contributed by atoms with E-state index in [1.807, 2.05) is 12.1 Å². The maximum atomic E-state index is 13.4. The molecule has 0 aliphatic heterocycles. The molecule has 1 saturated carbocycles. The van der Waals surface area contributed by atoms with Crippen molar-refractivity contribution in [1.29, 1.82) is 4.78 Å². The van der Waals surface area contributed by atoms with Crippen LogP contribution in [0.4, 0.5) is 25.1 Å². The fourth-order valence-electron chi connectivity index (χ4n) is 4.58. The highest BCUT2D eigenvalue weighted by Gasteiger charge is 2.65. The van der Waals surface area contributed by atoms with Crippen molar-refractivity contribution in [2.75, 3.05) is 12.4 Å². The molecule has 0 heterocycles. The Bertz CT molecular complexity index is 1420. The predicted molar refractivity (Wildman–Crippen MR) is 142 cm³/mol. The summed E-state index contributed by atoms with van der Waals surface area (Å²) < 4.78 is 86.6. The number of amides is 1. The summed E-state index contributed by atoms with van der Waals surface area (Å²) in [6, 6.07) is 16.6. The average Bonchev–Trinajstić information content (AvgIpc) is 2.88. The van der Waals surface area contributed by atoms with E-state index in [4.69, 9.17) is 4.78 Å². The van der Waals surface area contributed by atoms with E-state index < -0.39 is 24.8 Å². The summed E-state index contributed by atoms with van der Waals surface area (Å²) in [5.41, 5.74) is 2.56. The molecule has 0 bridgehead atoms. The van der Waals surface area contributed by atoms with Crippen molar-refractivity contribution in [2.24, 2.45) is 0 Å². The number of carbonyl (C=O) groups is 1. The highest BCUT2D eigenvalue weighted by molar-refractivity contribution is 8.45. The molecule has 0 radical (unpaired) electrons. The first-order valence-corrected chi connectivity index (χ1v) is 15.4. The summed E-state index contributed by atoms with van der Waals surface area (Å²) in [7, 11) is -11.2. The van der Waals surface area contributed by atoms with E-state index in [0.29, 0.717) is 54.0 Å². The Morgan fingerprint density at radius 2 is 1.32 bits per heavy atom. The highest BCUT2D eigenvalue weighted by Crippen LogP contribution is 3.02. The topological polar surface area (TPSA) is 82.1 Å². The van der Waals surface area contributed by atoms with Crippen LogP contribution in [0.2, 0.25) is 0 Å². The first kappa shape index (κ1) is 27.9. The van der Waals surface area contributed by atoms with Crippen molar-refractivity contribution in [1.82, 2.24) is 5.32 Å². The lowest BCUT2D eigenvalue weighted by Crippen LogP contribution is -2.32. The zero-order valence-corrected chi connectivity index (χ0v) is 22.1. The van der Waals surface area contributed by atoms with Crippen LogP contribution in [-0.4, -0.2) is 28.5 Å². The molecule has 0 spiro atoms. The normalized spacial score (nSPS) is 21.4. The summed E-state index contributed by atoms with van der Waals surface area (Å²) >= 11 is 0. The summed E-state index contributed by atoms with van der Waals surface area (Å²) in [6.07, 6.45) is 2.04. The van der Waals surface area contributed by atoms with Crippen LogP contribution in [0.1, 0.15) is 36.0 Å². The Morgan fingerprint density at radius 1 is 0.816 bits per heavy atom. The zero-order valence-electron chi connectivity index (χ0n) is 20.4. The lowest BCUT2D eigenvalue weighted by Gasteiger charge is -2.40. The maximum absolute atomic E-state index is 13.4. The second-order valence-electron chi connectivity index (χ2n) is 9.39. The van der Waals surface area contributed by atoms with Crippen molar-refractivity contribution < 1.29 is 28.4 Å². The van der Waals surface area contributed by atoms with Crippen molar-refractivity contribution in [3.63, 3.8) is 0 Å². The van der Waals surface area contributed by atoms with Crippen LogP contribution in [0.15, 0.2) is 82.6 Å². The Hall–Kier alpha value is -3.12. The molecule has 1 fully saturated rings. The minimum Gasteiger partial charge on any atom is -0.382 e. The van der Waals surface area contributed by atoms with Gasteiger partial charge in [0.15, 0.2) is 0 Å². The van der Waals surface area contributed by atoms with E-state index in [1.165, 1.54) is 0 Å². The van der Waals surface area contributed by atoms with Gasteiger partial charge in [0, 0.05) is 34.5 Å². The molecule has 3 aromatic carbocycles. The van der Waals surface area contributed by atoms with Gasteiger partial charge in [0.2, 0.25) is 0 Å². The second-order valence-corrected chi connectivity index (χ2v) is 14.1. The Kier molecular flexibility index (Phi) is 6.80. The van der Waals surface area contributed by atoms with E-state index in [-0.39, 0.29) is 17.2 Å².